The van der Waals surface area contributed by atoms with E-state index in [-0.39, 0.29) is 5.12 Å². The summed E-state index contributed by atoms with van der Waals surface area (Å²) in [6, 6.07) is 17.1. The van der Waals surface area contributed by atoms with Crippen molar-refractivity contribution in [3.63, 3.8) is 0 Å². The summed E-state index contributed by atoms with van der Waals surface area (Å²) in [5.41, 5.74) is 4.15. The van der Waals surface area contributed by atoms with E-state index in [1.165, 1.54) is 23.1 Å². The molecular weight excluding hydrogens is 412 g/mol. The summed E-state index contributed by atoms with van der Waals surface area (Å²) in [5, 5.41) is 14.7. The Balaban J connectivity index is 1.53. The minimum atomic E-state index is 0.120. The first-order valence-electron chi connectivity index (χ1n) is 9.82. The largest absolute Gasteiger partial charge is 0.282 e. The van der Waals surface area contributed by atoms with Crippen LogP contribution < -0.4 is 0 Å². The van der Waals surface area contributed by atoms with Crippen molar-refractivity contribution in [2.75, 3.05) is 5.75 Å². The Kier molecular flexibility index (Phi) is 6.26. The molecule has 0 fully saturated rings. The summed E-state index contributed by atoms with van der Waals surface area (Å²) in [6.45, 7) is 2.16. The highest BCUT2D eigenvalue weighted by atomic mass is 32.2. The SMILES string of the molecule is CCCCCSC(=O)c1ccc(-c2nn3c(-c4ccc(C#N)cc4)cnc3s2)cc1. The standard InChI is InChI=1S/C23H20N4OS2/c1-2-3-4-13-29-22(28)19-11-9-18(10-12-19)21-26-27-20(15-25-23(27)30-21)17-7-5-16(14-24)6-8-17/h5-12,15H,2-4,13H2,1H3. The van der Waals surface area contributed by atoms with Crippen LogP contribution in [-0.4, -0.2) is 25.5 Å². The molecule has 2 aromatic carbocycles. The van der Waals surface area contributed by atoms with Crippen LogP contribution in [0.15, 0.2) is 54.7 Å². The molecule has 7 heteroatoms. The van der Waals surface area contributed by atoms with E-state index in [1.807, 2.05) is 40.9 Å². The van der Waals surface area contributed by atoms with Crippen molar-refractivity contribution in [1.29, 1.82) is 5.26 Å². The maximum absolute atomic E-state index is 12.3. The Morgan fingerprint density at radius 3 is 2.53 bits per heavy atom. The third-order valence-corrected chi connectivity index (χ3v) is 6.71. The van der Waals surface area contributed by atoms with Gasteiger partial charge in [-0.25, -0.2) is 9.50 Å². The zero-order valence-electron chi connectivity index (χ0n) is 16.5. The molecule has 0 atom stereocenters. The van der Waals surface area contributed by atoms with Crippen molar-refractivity contribution >= 4 is 33.2 Å². The zero-order valence-corrected chi connectivity index (χ0v) is 18.2. The second kappa shape index (κ2) is 9.24. The molecule has 150 valence electrons. The van der Waals surface area contributed by atoms with Crippen LogP contribution >= 0.6 is 23.1 Å². The van der Waals surface area contributed by atoms with Gasteiger partial charge in [0, 0.05) is 22.4 Å². The number of benzene rings is 2. The summed E-state index contributed by atoms with van der Waals surface area (Å²) in [7, 11) is 0. The van der Waals surface area contributed by atoms with Gasteiger partial charge in [0.2, 0.25) is 10.1 Å². The van der Waals surface area contributed by atoms with Crippen molar-refractivity contribution in [3.05, 3.63) is 65.9 Å². The molecule has 0 saturated carbocycles. The Bertz CT molecular complexity index is 1200. The maximum atomic E-state index is 12.3. The van der Waals surface area contributed by atoms with Crippen molar-refractivity contribution in [3.8, 4) is 27.9 Å². The third kappa shape index (κ3) is 4.30. The molecule has 2 heterocycles. The molecule has 5 nitrogen and oxygen atoms in total. The van der Waals surface area contributed by atoms with Crippen LogP contribution in [0.4, 0.5) is 0 Å². The van der Waals surface area contributed by atoms with E-state index in [9.17, 15) is 4.79 Å². The second-order valence-corrected chi connectivity index (χ2v) is 8.88. The molecule has 0 saturated heterocycles. The van der Waals surface area contributed by atoms with Crippen LogP contribution in [0.3, 0.4) is 0 Å². The topological polar surface area (TPSA) is 71.1 Å². The number of thioether (sulfide) groups is 1. The number of nitriles is 1. The van der Waals surface area contributed by atoms with Crippen LogP contribution in [0, 0.1) is 11.3 Å². The molecule has 0 aliphatic carbocycles. The van der Waals surface area contributed by atoms with E-state index in [0.29, 0.717) is 5.56 Å². The van der Waals surface area contributed by atoms with Gasteiger partial charge in [0.05, 0.1) is 23.5 Å². The number of rotatable bonds is 7. The summed E-state index contributed by atoms with van der Waals surface area (Å²) in [4.78, 5) is 17.6. The molecule has 4 rings (SSSR count). The molecule has 0 aliphatic heterocycles. The van der Waals surface area contributed by atoms with Gasteiger partial charge in [-0.05, 0) is 30.7 Å². The molecule has 0 spiro atoms. The van der Waals surface area contributed by atoms with E-state index >= 15 is 0 Å². The van der Waals surface area contributed by atoms with E-state index < -0.39 is 0 Å². The van der Waals surface area contributed by atoms with Gasteiger partial charge >= 0.3 is 0 Å². The molecule has 0 bridgehead atoms. The lowest BCUT2D eigenvalue weighted by Crippen LogP contribution is -1.95. The van der Waals surface area contributed by atoms with Gasteiger partial charge in [0.15, 0.2) is 0 Å². The fourth-order valence-corrected chi connectivity index (χ4v) is 4.79. The Labute approximate surface area is 183 Å². The fraction of sp³-hybridized carbons (Fsp3) is 0.217. The van der Waals surface area contributed by atoms with Crippen molar-refractivity contribution < 1.29 is 4.79 Å². The molecule has 4 aromatic rings. The average molecular weight is 433 g/mol. The van der Waals surface area contributed by atoms with E-state index in [1.54, 1.807) is 18.3 Å². The van der Waals surface area contributed by atoms with Gasteiger partial charge in [-0.15, -0.1) is 0 Å². The molecule has 0 aliphatic rings. The number of hydrogen-bond acceptors (Lipinski definition) is 6. The van der Waals surface area contributed by atoms with E-state index in [4.69, 9.17) is 10.4 Å². The summed E-state index contributed by atoms with van der Waals surface area (Å²) < 4.78 is 1.82. The highest BCUT2D eigenvalue weighted by Crippen LogP contribution is 2.30. The number of fused-ring (bicyclic) bond motifs is 1. The highest BCUT2D eigenvalue weighted by Gasteiger charge is 2.14. The first-order chi connectivity index (χ1) is 14.7. The molecule has 0 radical (unpaired) electrons. The smallest absolute Gasteiger partial charge is 0.219 e. The predicted molar refractivity (Wildman–Crippen MR) is 123 cm³/mol. The van der Waals surface area contributed by atoms with Gasteiger partial charge in [-0.1, -0.05) is 67.1 Å². The van der Waals surface area contributed by atoms with Gasteiger partial charge in [0.25, 0.3) is 0 Å². The number of carbonyl (C=O) groups excluding carboxylic acids is 1. The second-order valence-electron chi connectivity index (χ2n) is 6.85. The van der Waals surface area contributed by atoms with Gasteiger partial charge in [0.1, 0.15) is 5.01 Å². The monoisotopic (exact) mass is 432 g/mol. The van der Waals surface area contributed by atoms with Crippen molar-refractivity contribution in [2.24, 2.45) is 0 Å². The summed E-state index contributed by atoms with van der Waals surface area (Å²) >= 11 is 2.90. The normalized spacial score (nSPS) is 10.9. The quantitative estimate of drug-likeness (QED) is 0.332. The van der Waals surface area contributed by atoms with Crippen LogP contribution in [0.1, 0.15) is 42.1 Å². The minimum Gasteiger partial charge on any atom is -0.282 e. The predicted octanol–water partition coefficient (Wildman–Crippen LogP) is 6.06. The van der Waals surface area contributed by atoms with Crippen LogP contribution in [0.25, 0.3) is 26.8 Å². The maximum Gasteiger partial charge on any atom is 0.219 e. The van der Waals surface area contributed by atoms with Crippen molar-refractivity contribution in [1.82, 2.24) is 14.6 Å². The van der Waals surface area contributed by atoms with Crippen molar-refractivity contribution in [2.45, 2.75) is 26.2 Å². The number of unbranched alkanes of at least 4 members (excludes halogenated alkanes) is 2. The Morgan fingerprint density at radius 2 is 1.83 bits per heavy atom. The molecule has 2 aromatic heterocycles. The number of nitrogens with zero attached hydrogens (tertiary/aromatic N) is 4. The number of aromatic nitrogens is 3. The minimum absolute atomic E-state index is 0.120. The summed E-state index contributed by atoms with van der Waals surface area (Å²) in [5.74, 6) is 0.871. The average Bonchev–Trinajstić information content (AvgIpc) is 3.38. The van der Waals surface area contributed by atoms with Gasteiger partial charge in [-0.3, -0.25) is 4.79 Å². The lowest BCUT2D eigenvalue weighted by molar-refractivity contribution is 0.108. The summed E-state index contributed by atoms with van der Waals surface area (Å²) in [6.07, 6.45) is 5.19. The van der Waals surface area contributed by atoms with Crippen LogP contribution in [0.5, 0.6) is 0 Å². The lowest BCUT2D eigenvalue weighted by atomic mass is 10.1. The van der Waals surface area contributed by atoms with Gasteiger partial charge in [-0.2, -0.15) is 10.4 Å². The Morgan fingerprint density at radius 1 is 1.10 bits per heavy atom. The fourth-order valence-electron chi connectivity index (χ4n) is 3.07. The molecule has 30 heavy (non-hydrogen) atoms. The number of carbonyl (C=O) groups is 1. The first kappa shape index (κ1) is 20.3. The molecule has 0 N–H and O–H groups in total. The Hall–Kier alpha value is -2.95. The molecular formula is C23H20N4OS2. The van der Waals surface area contributed by atoms with E-state index in [2.05, 4.69) is 18.0 Å². The first-order valence-corrected chi connectivity index (χ1v) is 11.6. The van der Waals surface area contributed by atoms with Crippen LogP contribution in [0.2, 0.25) is 0 Å². The zero-order chi connectivity index (χ0) is 20.9. The number of hydrogen-bond donors (Lipinski definition) is 0. The number of imidazole rings is 1. The lowest BCUT2D eigenvalue weighted by Gasteiger charge is -2.02. The highest BCUT2D eigenvalue weighted by molar-refractivity contribution is 8.14. The third-order valence-electron chi connectivity index (χ3n) is 4.74. The molecule has 0 amide bonds. The molecule has 0 unspecified atom stereocenters. The van der Waals surface area contributed by atoms with E-state index in [0.717, 1.165) is 57.4 Å². The van der Waals surface area contributed by atoms with Gasteiger partial charge < -0.3 is 0 Å². The van der Waals surface area contributed by atoms with Crippen LogP contribution in [-0.2, 0) is 0 Å².